The molecule has 1 amide bonds. The van der Waals surface area contributed by atoms with E-state index in [1.54, 1.807) is 24.3 Å². The van der Waals surface area contributed by atoms with Gasteiger partial charge in [0.25, 0.3) is 5.91 Å². The van der Waals surface area contributed by atoms with Crippen molar-refractivity contribution in [3.05, 3.63) is 40.8 Å². The number of carbonyl (C=O) groups is 1. The molecular weight excluding hydrogens is 246 g/mol. The third-order valence-electron chi connectivity index (χ3n) is 2.36. The van der Waals surface area contributed by atoms with Crippen molar-refractivity contribution in [2.75, 3.05) is 13.2 Å². The van der Waals surface area contributed by atoms with Gasteiger partial charge in [0.2, 0.25) is 0 Å². The molecule has 0 bridgehead atoms. The second kappa shape index (κ2) is 5.74. The predicted molar refractivity (Wildman–Crippen MR) is 69.8 cm³/mol. The highest BCUT2D eigenvalue weighted by atomic mass is 16.5. The zero-order chi connectivity index (χ0) is 13.7. The van der Waals surface area contributed by atoms with Crippen LogP contribution in [0.2, 0.25) is 0 Å². The van der Waals surface area contributed by atoms with Crippen molar-refractivity contribution in [3.63, 3.8) is 0 Å². The molecule has 0 unspecified atom stereocenters. The summed E-state index contributed by atoms with van der Waals surface area (Å²) in [7, 11) is 0. The monoisotopic (exact) mass is 257 g/mol. The van der Waals surface area contributed by atoms with Crippen molar-refractivity contribution in [1.29, 1.82) is 0 Å². The van der Waals surface area contributed by atoms with Gasteiger partial charge in [0.05, 0.1) is 18.0 Å². The highest BCUT2D eigenvalue weighted by Crippen LogP contribution is 2.22. The molecule has 5 heteroatoms. The lowest BCUT2D eigenvalue weighted by Crippen LogP contribution is -2.29. The van der Waals surface area contributed by atoms with E-state index >= 15 is 0 Å². The molecule has 19 heavy (non-hydrogen) atoms. The van der Waals surface area contributed by atoms with E-state index in [-0.39, 0.29) is 19.1 Å². The van der Waals surface area contributed by atoms with Crippen LogP contribution in [0.25, 0.3) is 11.0 Å². The van der Waals surface area contributed by atoms with Crippen molar-refractivity contribution >= 4 is 16.9 Å². The average Bonchev–Trinajstić information content (AvgIpc) is 2.42. The minimum absolute atomic E-state index is 0.139. The standard InChI is InChI=1S/C14H11NO4/c1-2-7-15-13(16)9-18-12-8-14(17)19-11-6-4-3-5-10(11)12/h1,3-6,8H,7,9H2,(H,15,16). The van der Waals surface area contributed by atoms with Crippen LogP contribution in [-0.4, -0.2) is 19.1 Å². The van der Waals surface area contributed by atoms with Crippen molar-refractivity contribution in [2.24, 2.45) is 0 Å². The third-order valence-corrected chi connectivity index (χ3v) is 2.36. The lowest BCUT2D eigenvalue weighted by Gasteiger charge is -2.07. The molecule has 5 nitrogen and oxygen atoms in total. The van der Waals surface area contributed by atoms with E-state index in [0.29, 0.717) is 16.7 Å². The van der Waals surface area contributed by atoms with Crippen LogP contribution in [0.4, 0.5) is 0 Å². The number of para-hydroxylation sites is 1. The Kier molecular flexibility index (Phi) is 3.84. The van der Waals surface area contributed by atoms with Gasteiger partial charge in [-0.3, -0.25) is 4.79 Å². The van der Waals surface area contributed by atoms with E-state index in [4.69, 9.17) is 15.6 Å². The van der Waals surface area contributed by atoms with Gasteiger partial charge >= 0.3 is 5.63 Å². The van der Waals surface area contributed by atoms with E-state index in [0.717, 1.165) is 0 Å². The van der Waals surface area contributed by atoms with Crippen LogP contribution < -0.4 is 15.7 Å². The first-order valence-electron chi connectivity index (χ1n) is 5.56. The quantitative estimate of drug-likeness (QED) is 0.653. The summed E-state index contributed by atoms with van der Waals surface area (Å²) in [6.07, 6.45) is 5.02. The number of rotatable bonds is 4. The maximum atomic E-state index is 11.4. The van der Waals surface area contributed by atoms with Crippen LogP contribution in [0, 0.1) is 12.3 Å². The lowest BCUT2D eigenvalue weighted by molar-refractivity contribution is -0.122. The fourth-order valence-corrected chi connectivity index (χ4v) is 1.55. The van der Waals surface area contributed by atoms with Crippen LogP contribution in [0.3, 0.4) is 0 Å². The number of hydrogen-bond donors (Lipinski definition) is 1. The highest BCUT2D eigenvalue weighted by Gasteiger charge is 2.08. The Bertz CT molecular complexity index is 696. The lowest BCUT2D eigenvalue weighted by atomic mass is 10.2. The number of hydrogen-bond acceptors (Lipinski definition) is 4. The zero-order valence-electron chi connectivity index (χ0n) is 10.0. The summed E-state index contributed by atoms with van der Waals surface area (Å²) in [5.74, 6) is 2.24. The van der Waals surface area contributed by atoms with Gasteiger partial charge in [-0.05, 0) is 12.1 Å². The summed E-state index contributed by atoms with van der Waals surface area (Å²) in [6.45, 7) is -0.0744. The SMILES string of the molecule is C#CCNC(=O)COc1cc(=O)oc2ccccc12. The number of nitrogens with one attached hydrogen (secondary N) is 1. The molecule has 96 valence electrons. The number of ether oxygens (including phenoxy) is 1. The van der Waals surface area contributed by atoms with Crippen molar-refractivity contribution in [1.82, 2.24) is 5.32 Å². The molecule has 0 fully saturated rings. The molecule has 1 aromatic heterocycles. The van der Waals surface area contributed by atoms with Crippen LogP contribution in [-0.2, 0) is 4.79 Å². The second-order valence-electron chi connectivity index (χ2n) is 3.70. The van der Waals surface area contributed by atoms with E-state index in [2.05, 4.69) is 11.2 Å². The van der Waals surface area contributed by atoms with Crippen molar-refractivity contribution in [2.45, 2.75) is 0 Å². The Balaban J connectivity index is 2.19. The maximum absolute atomic E-state index is 11.4. The smallest absolute Gasteiger partial charge is 0.339 e. The fourth-order valence-electron chi connectivity index (χ4n) is 1.55. The molecular formula is C14H11NO4. The summed E-state index contributed by atoms with van der Waals surface area (Å²) in [4.78, 5) is 22.7. The van der Waals surface area contributed by atoms with Crippen LogP contribution in [0.1, 0.15) is 0 Å². The van der Waals surface area contributed by atoms with E-state index in [1.165, 1.54) is 6.07 Å². The molecule has 0 spiro atoms. The minimum Gasteiger partial charge on any atom is -0.483 e. The number of fused-ring (bicyclic) bond motifs is 1. The molecule has 2 rings (SSSR count). The number of terminal acetylenes is 1. The molecule has 1 heterocycles. The largest absolute Gasteiger partial charge is 0.483 e. The molecule has 0 aliphatic carbocycles. The summed E-state index contributed by atoms with van der Waals surface area (Å²) in [5, 5.41) is 3.09. The van der Waals surface area contributed by atoms with E-state index in [9.17, 15) is 9.59 Å². The summed E-state index contributed by atoms with van der Waals surface area (Å²) in [6, 6.07) is 8.13. The molecule has 2 aromatic rings. The molecule has 1 aromatic carbocycles. The van der Waals surface area contributed by atoms with Crippen molar-refractivity contribution in [3.8, 4) is 18.1 Å². The van der Waals surface area contributed by atoms with Gasteiger partial charge < -0.3 is 14.5 Å². The van der Waals surface area contributed by atoms with Gasteiger partial charge in [0, 0.05) is 0 Å². The Morgan fingerprint density at radius 3 is 3.00 bits per heavy atom. The van der Waals surface area contributed by atoms with Crippen molar-refractivity contribution < 1.29 is 13.9 Å². The van der Waals surface area contributed by atoms with Gasteiger partial charge in [-0.25, -0.2) is 4.79 Å². The molecule has 0 saturated carbocycles. The molecule has 0 aliphatic heterocycles. The first kappa shape index (κ1) is 12.7. The predicted octanol–water partition coefficient (Wildman–Crippen LogP) is 0.921. The summed E-state index contributed by atoms with van der Waals surface area (Å²) >= 11 is 0. The molecule has 0 atom stereocenters. The van der Waals surface area contributed by atoms with Gasteiger partial charge in [-0.2, -0.15) is 0 Å². The minimum atomic E-state index is -0.530. The summed E-state index contributed by atoms with van der Waals surface area (Å²) in [5.41, 5.74) is -0.119. The van der Waals surface area contributed by atoms with Crippen LogP contribution >= 0.6 is 0 Å². The van der Waals surface area contributed by atoms with E-state index < -0.39 is 5.63 Å². The highest BCUT2D eigenvalue weighted by molar-refractivity contribution is 5.84. The summed E-state index contributed by atoms with van der Waals surface area (Å²) < 4.78 is 10.3. The molecule has 0 saturated heterocycles. The van der Waals surface area contributed by atoms with Gasteiger partial charge in [-0.15, -0.1) is 6.42 Å². The van der Waals surface area contributed by atoms with Crippen LogP contribution in [0.5, 0.6) is 5.75 Å². The third kappa shape index (κ3) is 3.13. The van der Waals surface area contributed by atoms with Gasteiger partial charge in [-0.1, -0.05) is 18.1 Å². The molecule has 1 N–H and O–H groups in total. The van der Waals surface area contributed by atoms with Gasteiger partial charge in [0.15, 0.2) is 6.61 Å². The first-order chi connectivity index (χ1) is 9.20. The fraction of sp³-hybridized carbons (Fsp3) is 0.143. The van der Waals surface area contributed by atoms with Gasteiger partial charge in [0.1, 0.15) is 11.3 Å². The molecule has 0 aliphatic rings. The number of amides is 1. The number of benzene rings is 1. The topological polar surface area (TPSA) is 68.5 Å². The Morgan fingerprint density at radius 1 is 1.42 bits per heavy atom. The Labute approximate surface area is 109 Å². The molecule has 0 radical (unpaired) electrons. The Hall–Kier alpha value is -2.74. The first-order valence-corrected chi connectivity index (χ1v) is 5.56. The van der Waals surface area contributed by atoms with Crippen LogP contribution in [0.15, 0.2) is 39.5 Å². The maximum Gasteiger partial charge on any atom is 0.339 e. The second-order valence-corrected chi connectivity index (χ2v) is 3.70. The Morgan fingerprint density at radius 2 is 2.21 bits per heavy atom. The normalized spacial score (nSPS) is 9.84. The zero-order valence-corrected chi connectivity index (χ0v) is 10.0. The number of carbonyl (C=O) groups excluding carboxylic acids is 1. The average molecular weight is 257 g/mol. The van der Waals surface area contributed by atoms with E-state index in [1.807, 2.05) is 0 Å².